The summed E-state index contributed by atoms with van der Waals surface area (Å²) < 4.78 is 32.0. The zero-order chi connectivity index (χ0) is 20.6. The molecule has 10 heteroatoms. The van der Waals surface area contributed by atoms with E-state index in [-0.39, 0.29) is 34.7 Å². The zero-order valence-electron chi connectivity index (χ0n) is 15.1. The number of hydrogen-bond donors (Lipinski definition) is 0. The lowest BCUT2D eigenvalue weighted by Crippen LogP contribution is -2.40. The van der Waals surface area contributed by atoms with Gasteiger partial charge in [0.05, 0.1) is 34.8 Å². The number of morpholine rings is 1. The molecule has 0 aromatic heterocycles. The fourth-order valence-corrected chi connectivity index (χ4v) is 4.56. The highest BCUT2D eigenvalue weighted by Gasteiger charge is 2.39. The number of sulfonamides is 1. The Kier molecular flexibility index (Phi) is 4.91. The van der Waals surface area contributed by atoms with E-state index in [1.165, 1.54) is 34.6 Å². The van der Waals surface area contributed by atoms with Crippen LogP contribution in [0.2, 0.25) is 0 Å². The maximum Gasteiger partial charge on any atom is 0.363 e. The molecule has 0 atom stereocenters. The fourth-order valence-electron chi connectivity index (χ4n) is 3.11. The number of imide groups is 1. The van der Waals surface area contributed by atoms with Crippen molar-refractivity contribution in [2.75, 3.05) is 26.3 Å². The highest BCUT2D eigenvalue weighted by atomic mass is 32.2. The van der Waals surface area contributed by atoms with Crippen LogP contribution < -0.4 is 0 Å². The number of ether oxygens (including phenoxy) is 1. The van der Waals surface area contributed by atoms with E-state index >= 15 is 0 Å². The molecule has 2 aromatic rings. The monoisotopic (exact) mass is 416 g/mol. The highest BCUT2D eigenvalue weighted by Crippen LogP contribution is 2.24. The quantitative estimate of drug-likeness (QED) is 0.686. The SMILES string of the molecule is O=C(ON1C(=O)c2ccccc2C1=O)c1cccc(S(=O)(=O)N2CCOCC2)c1. The third-order valence-corrected chi connectivity index (χ3v) is 6.50. The van der Waals surface area contributed by atoms with Gasteiger partial charge in [0.2, 0.25) is 10.0 Å². The second-order valence-corrected chi connectivity index (χ2v) is 8.31. The summed E-state index contributed by atoms with van der Waals surface area (Å²) in [6.45, 7) is 1.01. The summed E-state index contributed by atoms with van der Waals surface area (Å²) in [4.78, 5) is 42.0. The van der Waals surface area contributed by atoms with Gasteiger partial charge in [0, 0.05) is 13.1 Å². The van der Waals surface area contributed by atoms with Gasteiger partial charge < -0.3 is 9.57 Å². The predicted molar refractivity (Wildman–Crippen MR) is 98.4 cm³/mol. The zero-order valence-corrected chi connectivity index (χ0v) is 15.9. The summed E-state index contributed by atoms with van der Waals surface area (Å²) in [5.41, 5.74) is 0.166. The van der Waals surface area contributed by atoms with E-state index in [0.29, 0.717) is 18.3 Å². The van der Waals surface area contributed by atoms with Crippen LogP contribution in [0.3, 0.4) is 0 Å². The molecule has 29 heavy (non-hydrogen) atoms. The average Bonchev–Trinajstić information content (AvgIpc) is 2.99. The van der Waals surface area contributed by atoms with Gasteiger partial charge in [-0.15, -0.1) is 0 Å². The first-order valence-corrected chi connectivity index (χ1v) is 10.2. The van der Waals surface area contributed by atoms with Crippen LogP contribution in [-0.2, 0) is 19.6 Å². The van der Waals surface area contributed by atoms with E-state index in [1.807, 2.05) is 0 Å². The summed E-state index contributed by atoms with van der Waals surface area (Å²) in [5, 5.41) is 0.385. The Labute approximate surface area is 166 Å². The van der Waals surface area contributed by atoms with Crippen molar-refractivity contribution in [3.8, 4) is 0 Å². The number of benzene rings is 2. The Balaban J connectivity index is 1.56. The Morgan fingerprint density at radius 3 is 2.17 bits per heavy atom. The molecule has 0 aliphatic carbocycles. The van der Waals surface area contributed by atoms with Gasteiger partial charge in [-0.1, -0.05) is 23.3 Å². The van der Waals surface area contributed by atoms with Crippen molar-refractivity contribution in [2.45, 2.75) is 4.90 Å². The molecule has 2 heterocycles. The topological polar surface area (TPSA) is 110 Å². The van der Waals surface area contributed by atoms with Gasteiger partial charge in [-0.2, -0.15) is 4.31 Å². The van der Waals surface area contributed by atoms with Crippen LogP contribution in [-0.4, -0.2) is 61.9 Å². The Hall–Kier alpha value is -3.08. The number of carbonyl (C=O) groups excluding carboxylic acids is 3. The first-order chi connectivity index (χ1) is 13.9. The van der Waals surface area contributed by atoms with Gasteiger partial charge in [-0.05, 0) is 30.3 Å². The van der Waals surface area contributed by atoms with Crippen molar-refractivity contribution in [3.63, 3.8) is 0 Å². The van der Waals surface area contributed by atoms with Crippen LogP contribution in [0.1, 0.15) is 31.1 Å². The molecule has 2 aliphatic rings. The van der Waals surface area contributed by atoms with E-state index < -0.39 is 27.8 Å². The summed E-state index contributed by atoms with van der Waals surface area (Å²) in [7, 11) is -3.81. The van der Waals surface area contributed by atoms with E-state index in [0.717, 1.165) is 6.07 Å². The van der Waals surface area contributed by atoms with Crippen LogP contribution in [0.25, 0.3) is 0 Å². The standard InChI is InChI=1S/C19H16N2O7S/c22-17-15-6-1-2-7-16(15)18(23)21(17)28-19(24)13-4-3-5-14(12-13)29(25,26)20-8-10-27-11-9-20/h1-7,12H,8-11H2. The minimum atomic E-state index is -3.81. The van der Waals surface area contributed by atoms with Gasteiger partial charge in [0.1, 0.15) is 0 Å². The molecule has 2 aromatic carbocycles. The molecule has 0 unspecified atom stereocenters. The number of hydrogen-bond acceptors (Lipinski definition) is 7. The average molecular weight is 416 g/mol. The van der Waals surface area contributed by atoms with Gasteiger partial charge in [0.15, 0.2) is 0 Å². The molecule has 9 nitrogen and oxygen atoms in total. The molecule has 4 rings (SSSR count). The highest BCUT2D eigenvalue weighted by molar-refractivity contribution is 7.89. The van der Waals surface area contributed by atoms with Gasteiger partial charge >= 0.3 is 5.97 Å². The number of nitrogens with zero attached hydrogens (tertiary/aromatic N) is 2. The third kappa shape index (κ3) is 3.41. The van der Waals surface area contributed by atoms with Crippen LogP contribution >= 0.6 is 0 Å². The first-order valence-electron chi connectivity index (χ1n) is 8.77. The summed E-state index contributed by atoms with van der Waals surface area (Å²) >= 11 is 0. The molecule has 0 bridgehead atoms. The minimum Gasteiger partial charge on any atom is -0.379 e. The second-order valence-electron chi connectivity index (χ2n) is 6.37. The lowest BCUT2D eigenvalue weighted by molar-refractivity contribution is -0.0584. The lowest BCUT2D eigenvalue weighted by Gasteiger charge is -2.26. The molecular weight excluding hydrogens is 400 g/mol. The van der Waals surface area contributed by atoms with E-state index in [9.17, 15) is 22.8 Å². The van der Waals surface area contributed by atoms with E-state index in [1.54, 1.807) is 12.1 Å². The summed E-state index contributed by atoms with van der Waals surface area (Å²) in [6, 6.07) is 11.4. The van der Waals surface area contributed by atoms with Crippen LogP contribution in [0.4, 0.5) is 0 Å². The van der Waals surface area contributed by atoms with Gasteiger partial charge in [-0.25, -0.2) is 13.2 Å². The van der Waals surface area contributed by atoms with Crippen molar-refractivity contribution in [2.24, 2.45) is 0 Å². The second kappa shape index (κ2) is 7.39. The number of amides is 2. The molecule has 150 valence electrons. The largest absolute Gasteiger partial charge is 0.379 e. The molecular formula is C19H16N2O7S. The van der Waals surface area contributed by atoms with Gasteiger partial charge in [0.25, 0.3) is 11.8 Å². The molecule has 1 fully saturated rings. The maximum absolute atomic E-state index is 12.8. The molecule has 2 amide bonds. The molecule has 2 aliphatic heterocycles. The Morgan fingerprint density at radius 1 is 0.931 bits per heavy atom. The summed E-state index contributed by atoms with van der Waals surface area (Å²) in [6.07, 6.45) is 0. The van der Waals surface area contributed by atoms with Crippen LogP contribution in [0.5, 0.6) is 0 Å². The summed E-state index contributed by atoms with van der Waals surface area (Å²) in [5.74, 6) is -2.52. The van der Waals surface area contributed by atoms with E-state index in [4.69, 9.17) is 9.57 Å². The Bertz CT molecular complexity index is 1070. The number of fused-ring (bicyclic) bond motifs is 1. The first kappa shape index (κ1) is 19.2. The third-order valence-electron chi connectivity index (χ3n) is 4.61. The van der Waals surface area contributed by atoms with Crippen molar-refractivity contribution < 1.29 is 32.4 Å². The van der Waals surface area contributed by atoms with Crippen LogP contribution in [0, 0.1) is 0 Å². The molecule has 1 saturated heterocycles. The smallest absolute Gasteiger partial charge is 0.363 e. The van der Waals surface area contributed by atoms with Crippen molar-refractivity contribution >= 4 is 27.8 Å². The number of carbonyl (C=O) groups is 3. The van der Waals surface area contributed by atoms with Gasteiger partial charge in [-0.3, -0.25) is 9.59 Å². The molecule has 0 spiro atoms. The van der Waals surface area contributed by atoms with Crippen molar-refractivity contribution in [1.29, 1.82) is 0 Å². The normalized spacial score (nSPS) is 17.3. The van der Waals surface area contributed by atoms with Crippen LogP contribution in [0.15, 0.2) is 53.4 Å². The molecule has 0 N–H and O–H groups in total. The van der Waals surface area contributed by atoms with Crippen molar-refractivity contribution in [1.82, 2.24) is 9.37 Å². The number of hydroxylamine groups is 2. The minimum absolute atomic E-state index is 0.0868. The molecule has 0 saturated carbocycles. The van der Waals surface area contributed by atoms with Crippen molar-refractivity contribution in [3.05, 3.63) is 65.2 Å². The molecule has 0 radical (unpaired) electrons. The van der Waals surface area contributed by atoms with E-state index in [2.05, 4.69) is 0 Å². The number of rotatable bonds is 4. The predicted octanol–water partition coefficient (Wildman–Crippen LogP) is 1.08. The fraction of sp³-hybridized carbons (Fsp3) is 0.211. The lowest BCUT2D eigenvalue weighted by atomic mass is 10.1. The maximum atomic E-state index is 12.8. The Morgan fingerprint density at radius 2 is 1.55 bits per heavy atom.